The molecule has 4 rings (SSSR count). The summed E-state index contributed by atoms with van der Waals surface area (Å²) in [6, 6.07) is -1.13. The Bertz CT molecular complexity index is 1670. The number of Topliss-reactive ketones (excluding diaryl/α,β-unsaturated/α-hetero) is 2. The molecule has 0 radical (unpaired) electrons. The molecule has 2 saturated heterocycles. The molecule has 1 aliphatic carbocycles. The van der Waals surface area contributed by atoms with Gasteiger partial charge in [0.05, 0.1) is 37.1 Å². The van der Waals surface area contributed by atoms with E-state index in [4.69, 9.17) is 28.4 Å². The molecule has 13 heteroatoms. The van der Waals surface area contributed by atoms with E-state index in [0.29, 0.717) is 50.7 Å². The number of aliphatic hydroxyl groups is 2. The van der Waals surface area contributed by atoms with Crippen molar-refractivity contribution < 1.29 is 57.8 Å². The summed E-state index contributed by atoms with van der Waals surface area (Å²) in [7, 11) is 4.76. The highest BCUT2D eigenvalue weighted by Gasteiger charge is 2.56. The quantitative estimate of drug-likeness (QED) is 0.0998. The molecule has 0 unspecified atom stereocenters. The van der Waals surface area contributed by atoms with Gasteiger partial charge in [0, 0.05) is 52.0 Å². The number of fused-ring (bicyclic) bond motifs is 3. The Balaban J connectivity index is 1.71. The summed E-state index contributed by atoms with van der Waals surface area (Å²) in [5.41, 5.74) is 2.86. The number of hydrogen-bond donors (Lipinski definition) is 2. The molecule has 0 aromatic rings. The lowest BCUT2D eigenvalue weighted by molar-refractivity contribution is -0.302. The Labute approximate surface area is 377 Å². The minimum Gasteiger partial charge on any atom is -0.456 e. The van der Waals surface area contributed by atoms with E-state index < -0.39 is 77.8 Å². The molecule has 0 aromatic heterocycles. The first-order chi connectivity index (χ1) is 29.9. The van der Waals surface area contributed by atoms with Crippen molar-refractivity contribution in [1.82, 2.24) is 4.90 Å². The standard InChI is InChI=1S/C50H79NO12/c1-12-30(3)17-16-22-61-41-20-19-36(28-42(41)58-9)26-33(6)45-35(8)39(52)29-40(53)37(13-2)24-31(4)23-32(5)25-43(59-10)46-44(60-11)27-34(7)50(57,63-46)47(54)48(55)51-21-15-14-18-38(51)49(56)62-45/h12,16-17,24,26,32,34-39,41-46,52,57H,13-15,18-23,25,27-29H2,1-11H3/b17-16+,30-12+,31-24+,33-26+/t32-,34+,35+,36-,37+,38-,39-,41+,42+,43-,44-,45+,46+,50+/m0/s1. The number of cyclic esters (lactones) is 1. The Morgan fingerprint density at radius 1 is 0.921 bits per heavy atom. The Morgan fingerprint density at radius 2 is 1.60 bits per heavy atom. The van der Waals surface area contributed by atoms with Crippen LogP contribution in [0.25, 0.3) is 0 Å². The van der Waals surface area contributed by atoms with Crippen LogP contribution in [0.15, 0.2) is 47.1 Å². The number of amides is 1. The Hall–Kier alpha value is -3.04. The second kappa shape index (κ2) is 24.5. The van der Waals surface area contributed by atoms with Gasteiger partial charge in [-0.05, 0) is 109 Å². The molecule has 1 amide bonds. The lowest BCUT2D eigenvalue weighted by atomic mass is 9.81. The minimum absolute atomic E-state index is 0.0358. The molecule has 63 heavy (non-hydrogen) atoms. The summed E-state index contributed by atoms with van der Waals surface area (Å²) in [6.07, 6.45) is 11.1. The van der Waals surface area contributed by atoms with Gasteiger partial charge in [0.25, 0.3) is 11.7 Å². The SMILES string of the molecule is C/C=C(C)/C=C/CO[C@@H]1CC[C@@H](/C=C(\C)[C@H]2OC(=O)[C@@H]3CCCCN3C(=O)C(=O)[C@]3(O)O[C@H]([C@@H](OC)C[C@@H](C)C/C(C)=C/[C@@H](CC)C(=O)C[C@H](O)[C@H]2C)[C@@H](OC)C[C@H]3C)C[C@H]1OC. The zero-order valence-corrected chi connectivity index (χ0v) is 40.0. The number of carbonyl (C=O) groups excluding carboxylic acids is 4. The molecule has 13 nitrogen and oxygen atoms in total. The van der Waals surface area contributed by atoms with Gasteiger partial charge in [-0.15, -0.1) is 0 Å². The number of rotatable bonds is 10. The second-order valence-electron chi connectivity index (χ2n) is 18.9. The predicted molar refractivity (Wildman–Crippen MR) is 240 cm³/mol. The van der Waals surface area contributed by atoms with E-state index in [1.54, 1.807) is 28.1 Å². The largest absolute Gasteiger partial charge is 0.456 e. The maximum atomic E-state index is 14.5. The first-order valence-corrected chi connectivity index (χ1v) is 23.4. The van der Waals surface area contributed by atoms with Gasteiger partial charge in [-0.2, -0.15) is 0 Å². The number of allylic oxidation sites excluding steroid dienone is 6. The highest BCUT2D eigenvalue weighted by Crippen LogP contribution is 2.39. The van der Waals surface area contributed by atoms with Gasteiger partial charge < -0.3 is 43.5 Å². The zero-order valence-electron chi connectivity index (χ0n) is 40.0. The Kier molecular flexibility index (Phi) is 20.4. The van der Waals surface area contributed by atoms with E-state index in [0.717, 1.165) is 24.0 Å². The predicted octanol–water partition coefficient (Wildman–Crippen LogP) is 7.02. The van der Waals surface area contributed by atoms with Crippen LogP contribution >= 0.6 is 0 Å². The van der Waals surface area contributed by atoms with Crippen LogP contribution in [-0.2, 0) is 47.6 Å². The lowest BCUT2D eigenvalue weighted by Crippen LogP contribution is -2.64. The number of hydrogen-bond acceptors (Lipinski definition) is 12. The highest BCUT2D eigenvalue weighted by atomic mass is 16.7. The van der Waals surface area contributed by atoms with Gasteiger partial charge in [0.2, 0.25) is 5.79 Å². The molecule has 0 spiro atoms. The van der Waals surface area contributed by atoms with Crippen LogP contribution in [0.1, 0.15) is 126 Å². The van der Waals surface area contributed by atoms with Gasteiger partial charge in [-0.3, -0.25) is 14.4 Å². The highest BCUT2D eigenvalue weighted by molar-refractivity contribution is 6.39. The van der Waals surface area contributed by atoms with Gasteiger partial charge in [0.1, 0.15) is 24.0 Å². The molecule has 2 N–H and O–H groups in total. The van der Waals surface area contributed by atoms with Crippen molar-refractivity contribution in [3.63, 3.8) is 0 Å². The van der Waals surface area contributed by atoms with Crippen molar-refractivity contribution in [2.24, 2.45) is 29.6 Å². The summed E-state index contributed by atoms with van der Waals surface area (Å²) >= 11 is 0. The number of piperidine rings is 1. The number of ketones is 2. The van der Waals surface area contributed by atoms with Gasteiger partial charge in [-0.1, -0.05) is 69.2 Å². The normalized spacial score (nSPS) is 38.7. The first-order valence-electron chi connectivity index (χ1n) is 23.4. The number of aliphatic hydroxyl groups excluding tert-OH is 1. The third-order valence-electron chi connectivity index (χ3n) is 14.1. The monoisotopic (exact) mass is 886 g/mol. The summed E-state index contributed by atoms with van der Waals surface area (Å²) in [5.74, 6) is -7.39. The van der Waals surface area contributed by atoms with Crippen molar-refractivity contribution in [3.8, 4) is 0 Å². The van der Waals surface area contributed by atoms with Crippen LogP contribution in [0.3, 0.4) is 0 Å². The number of nitrogens with zero attached hydrogens (tertiary/aromatic N) is 1. The van der Waals surface area contributed by atoms with Crippen LogP contribution in [0.5, 0.6) is 0 Å². The molecule has 1 saturated carbocycles. The van der Waals surface area contributed by atoms with Crippen molar-refractivity contribution in [3.05, 3.63) is 47.1 Å². The fraction of sp³-hybridized carbons (Fsp3) is 0.760. The minimum atomic E-state index is -2.50. The third-order valence-corrected chi connectivity index (χ3v) is 14.1. The number of ether oxygens (including phenoxy) is 6. The average Bonchev–Trinajstić information content (AvgIpc) is 3.27. The van der Waals surface area contributed by atoms with Crippen molar-refractivity contribution in [1.29, 1.82) is 0 Å². The Morgan fingerprint density at radius 3 is 2.25 bits per heavy atom. The summed E-state index contributed by atoms with van der Waals surface area (Å²) in [6.45, 7) is 15.9. The summed E-state index contributed by atoms with van der Waals surface area (Å²) < 4.78 is 36.5. The molecule has 4 aliphatic rings. The number of methoxy groups -OCH3 is 3. The smallest absolute Gasteiger partial charge is 0.329 e. The van der Waals surface area contributed by atoms with Crippen LogP contribution < -0.4 is 0 Å². The van der Waals surface area contributed by atoms with E-state index in [-0.39, 0.29) is 55.6 Å². The zero-order chi connectivity index (χ0) is 46.6. The summed E-state index contributed by atoms with van der Waals surface area (Å²) in [5, 5.41) is 23.9. The third kappa shape index (κ3) is 13.5. The van der Waals surface area contributed by atoms with Crippen LogP contribution in [0, 0.1) is 29.6 Å². The van der Waals surface area contributed by atoms with Crippen LogP contribution in [-0.4, -0.2) is 128 Å². The van der Waals surface area contributed by atoms with Gasteiger partial charge >= 0.3 is 5.97 Å². The number of esters is 1. The van der Waals surface area contributed by atoms with Crippen LogP contribution in [0.4, 0.5) is 0 Å². The maximum absolute atomic E-state index is 14.5. The van der Waals surface area contributed by atoms with Gasteiger partial charge in [-0.25, -0.2) is 4.79 Å². The van der Waals surface area contributed by atoms with E-state index in [1.165, 1.54) is 12.0 Å². The molecule has 356 valence electrons. The summed E-state index contributed by atoms with van der Waals surface area (Å²) in [4.78, 5) is 58.3. The molecule has 3 fully saturated rings. The number of carbonyl (C=O) groups is 4. The van der Waals surface area contributed by atoms with E-state index in [2.05, 4.69) is 13.0 Å². The fourth-order valence-corrected chi connectivity index (χ4v) is 10.1. The van der Waals surface area contributed by atoms with E-state index in [9.17, 15) is 29.4 Å². The second-order valence-corrected chi connectivity index (χ2v) is 18.9. The molecule has 2 bridgehead atoms. The van der Waals surface area contributed by atoms with Crippen molar-refractivity contribution in [2.75, 3.05) is 34.5 Å². The van der Waals surface area contributed by atoms with Crippen molar-refractivity contribution >= 4 is 23.4 Å². The first kappa shape index (κ1) is 52.6. The molecule has 0 aromatic carbocycles. The molecule has 14 atom stereocenters. The van der Waals surface area contributed by atoms with Crippen molar-refractivity contribution in [2.45, 2.75) is 181 Å². The average molecular weight is 886 g/mol. The topological polar surface area (TPSA) is 167 Å². The molecule has 3 heterocycles. The van der Waals surface area contributed by atoms with Gasteiger partial charge in [0.15, 0.2) is 0 Å². The fourth-order valence-electron chi connectivity index (χ4n) is 10.1. The van der Waals surface area contributed by atoms with E-state index in [1.807, 2.05) is 58.9 Å². The molecular formula is C50H79NO12. The molecule has 3 aliphatic heterocycles. The maximum Gasteiger partial charge on any atom is 0.329 e. The van der Waals surface area contributed by atoms with E-state index >= 15 is 0 Å². The molecular weight excluding hydrogens is 807 g/mol. The van der Waals surface area contributed by atoms with Crippen LogP contribution in [0.2, 0.25) is 0 Å². The lowest BCUT2D eigenvalue weighted by Gasteiger charge is -2.47.